The maximum absolute atomic E-state index is 11.7. The van der Waals surface area contributed by atoms with Crippen molar-refractivity contribution >= 4 is 29.0 Å². The Morgan fingerprint density at radius 2 is 2.00 bits per heavy atom. The van der Waals surface area contributed by atoms with E-state index in [2.05, 4.69) is 15.3 Å². The number of halogens is 1. The second-order valence-corrected chi connectivity index (χ2v) is 3.73. The molecule has 0 fully saturated rings. The number of hydrogen-bond acceptors (Lipinski definition) is 4. The van der Waals surface area contributed by atoms with Crippen molar-refractivity contribution in [2.75, 3.05) is 11.1 Å². The van der Waals surface area contributed by atoms with Crippen LogP contribution in [0.3, 0.4) is 0 Å². The van der Waals surface area contributed by atoms with Gasteiger partial charge in [0.1, 0.15) is 11.5 Å². The smallest absolute Gasteiger partial charge is 0.275 e. The Balaban J connectivity index is 2.11. The minimum absolute atomic E-state index is 0.274. The molecule has 0 aliphatic rings. The molecule has 0 aliphatic heterocycles. The van der Waals surface area contributed by atoms with Crippen LogP contribution in [0.5, 0.6) is 0 Å². The van der Waals surface area contributed by atoms with Gasteiger partial charge in [0, 0.05) is 6.20 Å². The standard InChI is InChI=1S/C11H9ClN4O/c12-7-1-4-10(15-5-7)16-11(17)9-3-2-8(13)6-14-9/h1-6H,13H2,(H,15,16,17). The molecular weight excluding hydrogens is 240 g/mol. The van der Waals surface area contributed by atoms with E-state index < -0.39 is 0 Å². The number of hydrogen-bond donors (Lipinski definition) is 2. The topological polar surface area (TPSA) is 80.9 Å². The molecule has 0 saturated carbocycles. The summed E-state index contributed by atoms with van der Waals surface area (Å²) in [5.74, 6) is 0.0675. The van der Waals surface area contributed by atoms with Gasteiger partial charge in [-0.25, -0.2) is 9.97 Å². The van der Waals surface area contributed by atoms with Gasteiger partial charge in [-0.3, -0.25) is 4.79 Å². The van der Waals surface area contributed by atoms with Gasteiger partial charge in [0.15, 0.2) is 0 Å². The van der Waals surface area contributed by atoms with Crippen molar-refractivity contribution in [2.24, 2.45) is 0 Å². The normalized spacial score (nSPS) is 9.94. The number of nitrogens with one attached hydrogen (secondary N) is 1. The lowest BCUT2D eigenvalue weighted by molar-refractivity contribution is 0.102. The second kappa shape index (κ2) is 4.80. The first kappa shape index (κ1) is 11.3. The summed E-state index contributed by atoms with van der Waals surface area (Å²) in [5, 5.41) is 3.10. The SMILES string of the molecule is Nc1ccc(C(=O)Nc2ccc(Cl)cn2)nc1. The van der Waals surface area contributed by atoms with Gasteiger partial charge in [-0.05, 0) is 24.3 Å². The molecule has 2 heterocycles. The number of nitrogens with two attached hydrogens (primary N) is 1. The monoisotopic (exact) mass is 248 g/mol. The number of rotatable bonds is 2. The van der Waals surface area contributed by atoms with Gasteiger partial charge in [-0.1, -0.05) is 11.6 Å². The van der Waals surface area contributed by atoms with Crippen molar-refractivity contribution in [3.05, 3.63) is 47.4 Å². The van der Waals surface area contributed by atoms with Gasteiger partial charge in [0.05, 0.1) is 16.9 Å². The van der Waals surface area contributed by atoms with Crippen molar-refractivity contribution in [1.82, 2.24) is 9.97 Å². The van der Waals surface area contributed by atoms with Gasteiger partial charge in [0.25, 0.3) is 5.91 Å². The second-order valence-electron chi connectivity index (χ2n) is 3.29. The van der Waals surface area contributed by atoms with Crippen LogP contribution in [0.2, 0.25) is 5.02 Å². The van der Waals surface area contributed by atoms with Crippen LogP contribution in [-0.4, -0.2) is 15.9 Å². The molecule has 0 aliphatic carbocycles. The summed E-state index contributed by atoms with van der Waals surface area (Å²) in [7, 11) is 0. The highest BCUT2D eigenvalue weighted by atomic mass is 35.5. The lowest BCUT2D eigenvalue weighted by Crippen LogP contribution is -2.14. The van der Waals surface area contributed by atoms with Crippen LogP contribution in [0.4, 0.5) is 11.5 Å². The third kappa shape index (κ3) is 2.92. The van der Waals surface area contributed by atoms with Crippen LogP contribution in [0.1, 0.15) is 10.5 Å². The number of pyridine rings is 2. The Bertz CT molecular complexity index is 524. The van der Waals surface area contributed by atoms with Crippen molar-refractivity contribution in [2.45, 2.75) is 0 Å². The molecule has 0 bridgehead atoms. The third-order valence-corrected chi connectivity index (χ3v) is 2.21. The average Bonchev–Trinajstić information content (AvgIpc) is 2.33. The van der Waals surface area contributed by atoms with Crippen LogP contribution in [0.15, 0.2) is 36.7 Å². The van der Waals surface area contributed by atoms with Crippen molar-refractivity contribution in [1.29, 1.82) is 0 Å². The van der Waals surface area contributed by atoms with E-state index in [1.54, 1.807) is 24.3 Å². The molecular formula is C11H9ClN4O. The summed E-state index contributed by atoms with van der Waals surface area (Å²) in [6.45, 7) is 0. The van der Waals surface area contributed by atoms with Crippen molar-refractivity contribution < 1.29 is 4.79 Å². The van der Waals surface area contributed by atoms with Crippen LogP contribution < -0.4 is 11.1 Å². The van der Waals surface area contributed by atoms with Crippen LogP contribution in [0, 0.1) is 0 Å². The maximum atomic E-state index is 11.7. The number of amides is 1. The average molecular weight is 249 g/mol. The van der Waals surface area contributed by atoms with E-state index in [9.17, 15) is 4.79 Å². The highest BCUT2D eigenvalue weighted by Crippen LogP contribution is 2.10. The predicted molar refractivity (Wildman–Crippen MR) is 65.8 cm³/mol. The number of carbonyl (C=O) groups is 1. The summed E-state index contributed by atoms with van der Waals surface area (Å²) in [5.41, 5.74) is 6.25. The molecule has 0 saturated heterocycles. The molecule has 2 aromatic heterocycles. The summed E-state index contributed by atoms with van der Waals surface area (Å²) in [6, 6.07) is 6.40. The summed E-state index contributed by atoms with van der Waals surface area (Å²) in [6.07, 6.45) is 2.87. The summed E-state index contributed by atoms with van der Waals surface area (Å²) >= 11 is 5.68. The van der Waals surface area contributed by atoms with E-state index >= 15 is 0 Å². The van der Waals surface area contributed by atoms with Gasteiger partial charge in [-0.15, -0.1) is 0 Å². The third-order valence-electron chi connectivity index (χ3n) is 1.99. The number of anilines is 2. The first-order valence-corrected chi connectivity index (χ1v) is 5.17. The zero-order chi connectivity index (χ0) is 12.3. The Hall–Kier alpha value is -2.14. The summed E-state index contributed by atoms with van der Waals surface area (Å²) in [4.78, 5) is 19.6. The zero-order valence-corrected chi connectivity index (χ0v) is 9.48. The Morgan fingerprint density at radius 1 is 1.18 bits per heavy atom. The highest BCUT2D eigenvalue weighted by Gasteiger charge is 2.07. The van der Waals surface area contributed by atoms with Gasteiger partial charge in [0.2, 0.25) is 0 Å². The lowest BCUT2D eigenvalue weighted by atomic mass is 10.3. The van der Waals surface area contributed by atoms with E-state index in [1.807, 2.05) is 0 Å². The highest BCUT2D eigenvalue weighted by molar-refractivity contribution is 6.30. The molecule has 0 aromatic carbocycles. The molecule has 17 heavy (non-hydrogen) atoms. The van der Waals surface area contributed by atoms with Gasteiger partial charge < -0.3 is 11.1 Å². The van der Waals surface area contributed by atoms with Crippen molar-refractivity contribution in [3.8, 4) is 0 Å². The molecule has 3 N–H and O–H groups in total. The molecule has 0 radical (unpaired) electrons. The molecule has 86 valence electrons. The number of carbonyl (C=O) groups excluding carboxylic acids is 1. The molecule has 6 heteroatoms. The van der Waals surface area contributed by atoms with E-state index in [0.717, 1.165) is 0 Å². The molecule has 1 amide bonds. The Morgan fingerprint density at radius 3 is 2.59 bits per heavy atom. The molecule has 2 rings (SSSR count). The molecule has 2 aromatic rings. The van der Waals surface area contributed by atoms with E-state index in [4.69, 9.17) is 17.3 Å². The number of nitrogens with zero attached hydrogens (tertiary/aromatic N) is 2. The quantitative estimate of drug-likeness (QED) is 0.851. The van der Waals surface area contributed by atoms with Crippen LogP contribution in [-0.2, 0) is 0 Å². The zero-order valence-electron chi connectivity index (χ0n) is 8.72. The van der Waals surface area contributed by atoms with E-state index in [1.165, 1.54) is 12.4 Å². The lowest BCUT2D eigenvalue weighted by Gasteiger charge is -2.03. The fraction of sp³-hybridized carbons (Fsp3) is 0. The molecule has 0 atom stereocenters. The van der Waals surface area contributed by atoms with Gasteiger partial charge >= 0.3 is 0 Å². The first-order valence-electron chi connectivity index (χ1n) is 4.79. The van der Waals surface area contributed by atoms with E-state index in [-0.39, 0.29) is 11.6 Å². The minimum atomic E-state index is -0.347. The first-order chi connectivity index (χ1) is 8.15. The largest absolute Gasteiger partial charge is 0.397 e. The molecule has 0 unspecified atom stereocenters. The van der Waals surface area contributed by atoms with Gasteiger partial charge in [-0.2, -0.15) is 0 Å². The fourth-order valence-electron chi connectivity index (χ4n) is 1.17. The molecule has 5 nitrogen and oxygen atoms in total. The fourth-order valence-corrected chi connectivity index (χ4v) is 1.28. The summed E-state index contributed by atoms with van der Waals surface area (Å²) < 4.78 is 0. The predicted octanol–water partition coefficient (Wildman–Crippen LogP) is 1.96. The number of aromatic nitrogens is 2. The minimum Gasteiger partial charge on any atom is -0.397 e. The number of nitrogen functional groups attached to an aromatic ring is 1. The van der Waals surface area contributed by atoms with E-state index in [0.29, 0.717) is 16.5 Å². The maximum Gasteiger partial charge on any atom is 0.275 e. The van der Waals surface area contributed by atoms with Crippen molar-refractivity contribution in [3.63, 3.8) is 0 Å². The Labute approximate surface area is 103 Å². The van der Waals surface area contributed by atoms with Crippen LogP contribution in [0.25, 0.3) is 0 Å². The molecule has 0 spiro atoms. The Kier molecular flexibility index (Phi) is 3.20. The van der Waals surface area contributed by atoms with Crippen LogP contribution >= 0.6 is 11.6 Å².